The summed E-state index contributed by atoms with van der Waals surface area (Å²) in [5.41, 5.74) is 13.0. The number of nitrogens with zero attached hydrogens (tertiary/aromatic N) is 7. The van der Waals surface area contributed by atoms with Gasteiger partial charge in [0, 0.05) is 81.1 Å². The van der Waals surface area contributed by atoms with E-state index in [1.54, 1.807) is 14.2 Å². The molecule has 0 radical (unpaired) electrons. The molecule has 4 bridgehead atoms. The molecule has 6 aliphatic carbocycles. The summed E-state index contributed by atoms with van der Waals surface area (Å²) < 4.78 is 14.9. The number of aromatic amines is 2. The van der Waals surface area contributed by atoms with Crippen LogP contribution < -0.4 is 11.1 Å². The summed E-state index contributed by atoms with van der Waals surface area (Å²) in [6, 6.07) is 4.15. The molecule has 2 aliphatic heterocycles. The molecule has 14 nitrogen and oxygen atoms in total. The number of amides is 1. The highest BCUT2D eigenvalue weighted by Crippen LogP contribution is 2.73. The van der Waals surface area contributed by atoms with Crippen LogP contribution in [0.15, 0.2) is 49.6 Å². The van der Waals surface area contributed by atoms with Gasteiger partial charge >= 0.3 is 0 Å². The van der Waals surface area contributed by atoms with Crippen molar-refractivity contribution in [3.8, 4) is 0 Å². The first kappa shape index (κ1) is 32.8. The van der Waals surface area contributed by atoms with Crippen molar-refractivity contribution in [1.82, 2.24) is 49.3 Å². The number of nitrogens with one attached hydrogen (secondary N) is 3. The third-order valence-corrected chi connectivity index (χ3v) is 12.5. The Morgan fingerprint density at radius 3 is 1.75 bits per heavy atom. The number of hydrogen-bond acceptors (Lipinski definition) is 9. The van der Waals surface area contributed by atoms with Crippen molar-refractivity contribution in [2.45, 2.75) is 73.8 Å². The van der Waals surface area contributed by atoms with Crippen molar-refractivity contribution in [3.05, 3.63) is 49.6 Å². The van der Waals surface area contributed by atoms with Crippen LogP contribution in [0.3, 0.4) is 0 Å². The first-order chi connectivity index (χ1) is 24.2. The standard InChI is InChI=1S/C19H21N5O2.C13H13N5.C4H9NO.ClH/c1-26-12-6-23(7-12)15(25)4-18-8-19(9-18,10-18)24-11-22-14-5-21-17-13(16(14)24)2-3-20-17;14-12-4-13(5-12,6-12)18-7-17-9-3-16-11-8(10(9)18)1-2-15-11;1-6-4-2-5-3-4;/h2-3,5,11-12H,4,6-10H2,1H3,(H,20,21);1-3,7H,4-6,14H2,(H,15,16);4-5H,2-3H2,1H3;1H. The van der Waals surface area contributed by atoms with E-state index in [1.807, 2.05) is 42.3 Å². The number of carbonyl (C=O) groups excluding carboxylic acids is 1. The van der Waals surface area contributed by atoms with E-state index in [2.05, 4.69) is 56.5 Å². The van der Waals surface area contributed by atoms with E-state index in [-0.39, 0.29) is 40.5 Å². The van der Waals surface area contributed by atoms with E-state index in [9.17, 15) is 4.79 Å². The van der Waals surface area contributed by atoms with Crippen molar-refractivity contribution < 1.29 is 14.3 Å². The molecule has 1 amide bonds. The lowest BCUT2D eigenvalue weighted by atomic mass is 9.38. The van der Waals surface area contributed by atoms with Gasteiger partial charge < -0.3 is 44.5 Å². The molecule has 0 atom stereocenters. The maximum Gasteiger partial charge on any atom is 0.223 e. The van der Waals surface area contributed by atoms with Crippen LogP contribution in [-0.2, 0) is 25.3 Å². The Balaban J connectivity index is 0.000000120. The van der Waals surface area contributed by atoms with Crippen LogP contribution in [-0.4, -0.2) is 108 Å². The number of H-pyrrole nitrogens is 2. The van der Waals surface area contributed by atoms with Crippen molar-refractivity contribution in [1.29, 1.82) is 0 Å². The molecule has 51 heavy (non-hydrogen) atoms. The van der Waals surface area contributed by atoms with E-state index in [0.717, 1.165) is 97.8 Å². The smallest absolute Gasteiger partial charge is 0.223 e. The quantitative estimate of drug-likeness (QED) is 0.202. The normalized spacial score (nSPS) is 30.1. The van der Waals surface area contributed by atoms with Crippen LogP contribution in [0.25, 0.3) is 44.1 Å². The van der Waals surface area contributed by atoms with Crippen LogP contribution in [0.1, 0.15) is 44.9 Å². The van der Waals surface area contributed by atoms with Gasteiger partial charge in [-0.15, -0.1) is 12.4 Å². The number of rotatable bonds is 6. The van der Waals surface area contributed by atoms with Gasteiger partial charge in [-0.3, -0.25) is 4.79 Å². The van der Waals surface area contributed by atoms with Crippen LogP contribution >= 0.6 is 12.4 Å². The van der Waals surface area contributed by atoms with Crippen LogP contribution in [0, 0.1) is 5.41 Å². The number of halogens is 1. The molecule has 8 heterocycles. The molecular formula is C36H44ClN11O3. The third-order valence-electron chi connectivity index (χ3n) is 12.5. The fraction of sp³-hybridized carbons (Fsp3) is 0.528. The van der Waals surface area contributed by atoms with Gasteiger partial charge in [-0.05, 0) is 56.1 Å². The highest BCUT2D eigenvalue weighted by molar-refractivity contribution is 6.02. The average Bonchev–Trinajstić information content (AvgIpc) is 3.80. The molecule has 14 rings (SSSR count). The highest BCUT2D eigenvalue weighted by Gasteiger charge is 2.70. The van der Waals surface area contributed by atoms with E-state index in [1.165, 1.54) is 11.0 Å². The maximum absolute atomic E-state index is 12.5. The van der Waals surface area contributed by atoms with Gasteiger partial charge in [-0.25, -0.2) is 19.9 Å². The second kappa shape index (κ2) is 11.5. The lowest BCUT2D eigenvalue weighted by molar-refractivity contribution is -0.198. The largest absolute Gasteiger partial charge is 0.379 e. The zero-order valence-corrected chi connectivity index (χ0v) is 29.7. The summed E-state index contributed by atoms with van der Waals surface area (Å²) in [5, 5.41) is 5.37. The lowest BCUT2D eigenvalue weighted by Gasteiger charge is -2.71. The van der Waals surface area contributed by atoms with Gasteiger partial charge in [0.25, 0.3) is 0 Å². The number of methoxy groups -OCH3 is 2. The van der Waals surface area contributed by atoms with Gasteiger partial charge in [-0.1, -0.05) is 0 Å². The van der Waals surface area contributed by atoms with E-state index in [4.69, 9.17) is 15.2 Å². The van der Waals surface area contributed by atoms with Crippen molar-refractivity contribution in [2.24, 2.45) is 11.1 Å². The zero-order chi connectivity index (χ0) is 33.9. The Hall–Kier alpha value is -4.08. The number of nitrogens with two attached hydrogens (primary N) is 1. The van der Waals surface area contributed by atoms with Gasteiger partial charge in [0.1, 0.15) is 22.3 Å². The van der Waals surface area contributed by atoms with Gasteiger partial charge in [0.05, 0.1) is 53.8 Å². The molecule has 5 N–H and O–H groups in total. The summed E-state index contributed by atoms with van der Waals surface area (Å²) in [6.07, 6.45) is 19.3. The molecule has 2 saturated heterocycles. The fourth-order valence-corrected chi connectivity index (χ4v) is 9.84. The molecule has 0 aromatic carbocycles. The Bertz CT molecular complexity index is 2240. The molecule has 268 valence electrons. The summed E-state index contributed by atoms with van der Waals surface area (Å²) >= 11 is 0. The first-order valence-electron chi connectivity index (χ1n) is 17.7. The van der Waals surface area contributed by atoms with Gasteiger partial charge in [0.15, 0.2) is 0 Å². The SMILES string of the molecule is COC1CN(C(=O)CC23CC(n4cnc5cnc6[nH]ccc6c54)(C2)C3)C1.COC1CNC1.Cl.NC12CC(n3cnc4cnc5[nH]ccc5c43)(C1)C2. The molecule has 8 aliphatic rings. The van der Waals surface area contributed by atoms with E-state index in [0.29, 0.717) is 18.4 Å². The average molecular weight is 714 g/mol. The summed E-state index contributed by atoms with van der Waals surface area (Å²) in [6.45, 7) is 3.58. The summed E-state index contributed by atoms with van der Waals surface area (Å²) in [4.78, 5) is 38.6. The molecule has 0 spiro atoms. The summed E-state index contributed by atoms with van der Waals surface area (Å²) in [5.74, 6) is 0.291. The Morgan fingerprint density at radius 1 is 0.804 bits per heavy atom. The van der Waals surface area contributed by atoms with Crippen LogP contribution in [0.4, 0.5) is 0 Å². The second-order valence-electron chi connectivity index (χ2n) is 15.9. The Labute approximate surface area is 300 Å². The number of fused-ring (bicyclic) bond motifs is 6. The molecule has 8 fully saturated rings. The molecule has 6 saturated carbocycles. The fourth-order valence-electron chi connectivity index (χ4n) is 9.84. The van der Waals surface area contributed by atoms with Crippen LogP contribution in [0.5, 0.6) is 0 Å². The van der Waals surface area contributed by atoms with Gasteiger partial charge in [-0.2, -0.15) is 0 Å². The van der Waals surface area contributed by atoms with E-state index >= 15 is 0 Å². The monoisotopic (exact) mass is 713 g/mol. The summed E-state index contributed by atoms with van der Waals surface area (Å²) in [7, 11) is 3.45. The highest BCUT2D eigenvalue weighted by atomic mass is 35.5. The zero-order valence-electron chi connectivity index (χ0n) is 28.9. The topological polar surface area (TPSA) is 170 Å². The molecule has 6 aromatic rings. The minimum atomic E-state index is 0. The third kappa shape index (κ3) is 4.87. The number of imidazole rings is 2. The van der Waals surface area contributed by atoms with Crippen LogP contribution in [0.2, 0.25) is 0 Å². The predicted octanol–water partition coefficient (Wildman–Crippen LogP) is 3.57. The number of carbonyl (C=O) groups is 1. The van der Waals surface area contributed by atoms with Crippen molar-refractivity contribution in [2.75, 3.05) is 40.4 Å². The Kier molecular flexibility index (Phi) is 7.37. The molecule has 0 unspecified atom stereocenters. The minimum Gasteiger partial charge on any atom is -0.379 e. The lowest BCUT2D eigenvalue weighted by Crippen LogP contribution is -2.76. The minimum absolute atomic E-state index is 0. The number of aromatic nitrogens is 8. The number of likely N-dealkylation sites (tertiary alicyclic amines) is 1. The Morgan fingerprint density at radius 2 is 1.31 bits per heavy atom. The number of pyridine rings is 2. The van der Waals surface area contributed by atoms with E-state index < -0.39 is 0 Å². The van der Waals surface area contributed by atoms with Crippen molar-refractivity contribution >= 4 is 62.4 Å². The number of hydrogen-bond donors (Lipinski definition) is 4. The molecular weight excluding hydrogens is 670 g/mol. The van der Waals surface area contributed by atoms with Crippen molar-refractivity contribution in [3.63, 3.8) is 0 Å². The maximum atomic E-state index is 12.5. The molecule has 6 aromatic heterocycles. The number of ether oxygens (including phenoxy) is 2. The predicted molar refractivity (Wildman–Crippen MR) is 195 cm³/mol. The first-order valence-corrected chi connectivity index (χ1v) is 17.7. The molecule has 15 heteroatoms. The second-order valence-corrected chi connectivity index (χ2v) is 15.9. The van der Waals surface area contributed by atoms with Gasteiger partial charge in [0.2, 0.25) is 5.91 Å².